The van der Waals surface area contributed by atoms with Gasteiger partial charge in [0.25, 0.3) is 11.8 Å². The van der Waals surface area contributed by atoms with Crippen molar-refractivity contribution in [3.63, 3.8) is 0 Å². The van der Waals surface area contributed by atoms with E-state index in [-0.39, 0.29) is 36.3 Å². The molecular formula is C36H47N5O11. The number of epoxide rings is 1. The van der Waals surface area contributed by atoms with Crippen LogP contribution in [0.5, 0.6) is 0 Å². The van der Waals surface area contributed by atoms with Gasteiger partial charge in [0.05, 0.1) is 43.2 Å². The summed E-state index contributed by atoms with van der Waals surface area (Å²) in [5.41, 5.74) is 10.6. The average molecular weight is 726 g/mol. The molecule has 16 heteroatoms. The van der Waals surface area contributed by atoms with Crippen LogP contribution in [0, 0.1) is 27.7 Å². The van der Waals surface area contributed by atoms with Gasteiger partial charge in [-0.2, -0.15) is 0 Å². The molecule has 0 aliphatic carbocycles. The Kier molecular flexibility index (Phi) is 16.6. The van der Waals surface area contributed by atoms with Crippen molar-refractivity contribution in [2.24, 2.45) is 5.73 Å². The SMILES string of the molecule is CC.Cc1cc(CC(=O)N(CC(=O)O)CC(=O)O)c(C)[nH]1.Cc1cc(CC(=O)ON2C(=O)c3ccccc3C2=O)c(C)[nH]1.NCC(=O)CCC1CO1. The number of ketones is 1. The minimum Gasteiger partial charge on any atom is -0.480 e. The first-order chi connectivity index (χ1) is 24.6. The molecule has 2 aliphatic heterocycles. The fourth-order valence-electron chi connectivity index (χ4n) is 4.96. The fraction of sp³-hybridized carbons (Fsp3) is 0.417. The molecule has 0 saturated carbocycles. The maximum Gasteiger partial charge on any atom is 0.337 e. The number of hydrogen-bond acceptors (Lipinski definition) is 10. The molecule has 1 unspecified atom stereocenters. The molecule has 282 valence electrons. The van der Waals surface area contributed by atoms with E-state index in [1.165, 1.54) is 12.1 Å². The maximum absolute atomic E-state index is 12.1. The first kappa shape index (κ1) is 42.6. The number of nitrogens with zero attached hydrogens (tertiary/aromatic N) is 2. The third kappa shape index (κ3) is 13.3. The average Bonchev–Trinajstić information content (AvgIpc) is 3.74. The lowest BCUT2D eigenvalue weighted by atomic mass is 10.1. The van der Waals surface area contributed by atoms with Crippen molar-refractivity contribution in [3.05, 3.63) is 81.4 Å². The first-order valence-electron chi connectivity index (χ1n) is 16.6. The Balaban J connectivity index is 0.000000284. The summed E-state index contributed by atoms with van der Waals surface area (Å²) in [5.74, 6) is -4.76. The van der Waals surface area contributed by atoms with Crippen molar-refractivity contribution in [2.45, 2.75) is 73.3 Å². The summed E-state index contributed by atoms with van der Waals surface area (Å²) in [6, 6.07) is 9.99. The van der Waals surface area contributed by atoms with Gasteiger partial charge >= 0.3 is 17.9 Å². The number of H-pyrrole nitrogens is 2. The smallest absolute Gasteiger partial charge is 0.337 e. The number of carbonyl (C=O) groups excluding carboxylic acids is 5. The summed E-state index contributed by atoms with van der Waals surface area (Å²) in [4.78, 5) is 91.8. The van der Waals surface area contributed by atoms with E-state index in [0.29, 0.717) is 17.6 Å². The lowest BCUT2D eigenvalue weighted by Crippen LogP contribution is -2.40. The number of carboxylic acid groups (broad SMARTS) is 2. The molecule has 16 nitrogen and oxygen atoms in total. The van der Waals surface area contributed by atoms with E-state index in [9.17, 15) is 33.6 Å². The molecule has 0 radical (unpaired) electrons. The summed E-state index contributed by atoms with van der Waals surface area (Å²) >= 11 is 0. The number of nitrogens with two attached hydrogens (primary N) is 1. The van der Waals surface area contributed by atoms with Crippen LogP contribution in [0.3, 0.4) is 0 Å². The summed E-state index contributed by atoms with van der Waals surface area (Å²) in [7, 11) is 0. The summed E-state index contributed by atoms with van der Waals surface area (Å²) < 4.78 is 4.91. The number of aryl methyl sites for hydroxylation is 4. The van der Waals surface area contributed by atoms with Crippen molar-refractivity contribution in [1.82, 2.24) is 19.9 Å². The highest BCUT2D eigenvalue weighted by molar-refractivity contribution is 6.20. The van der Waals surface area contributed by atoms with E-state index < -0.39 is 48.7 Å². The zero-order chi connectivity index (χ0) is 39.1. The molecule has 0 spiro atoms. The van der Waals surface area contributed by atoms with Crippen LogP contribution in [0.1, 0.15) is 81.3 Å². The number of aromatic amines is 2. The number of hydrogen-bond donors (Lipinski definition) is 5. The number of carboxylic acids is 2. The summed E-state index contributed by atoms with van der Waals surface area (Å²) in [5, 5.41) is 17.9. The Bertz CT molecular complexity index is 1710. The van der Waals surface area contributed by atoms with Crippen LogP contribution in [0.25, 0.3) is 0 Å². The molecule has 6 N–H and O–H groups in total. The van der Waals surface area contributed by atoms with Crippen LogP contribution in [-0.4, -0.2) is 104 Å². The number of rotatable bonds is 13. The van der Waals surface area contributed by atoms with E-state index >= 15 is 0 Å². The standard InChI is InChI=1S/C16H14N2O4.C12H16N2O5.C6H11NO2.C2H6/c1-9-7-11(10(2)17-9)8-14(19)22-18-15(20)12-5-3-4-6-13(12)16(18)21;1-7-3-9(8(2)13-7)4-10(15)14(5-11(16)17)6-12(18)19;7-3-5(8)1-2-6-4-9-6;1-2/h3-7,17H,8H2,1-2H3;3,13H,4-6H2,1-2H3,(H,16,17)(H,18,19);6H,1-4,7H2;1-2H3. The van der Waals surface area contributed by atoms with Gasteiger partial charge in [0.1, 0.15) is 18.9 Å². The number of fused-ring (bicyclic) bond motifs is 1. The van der Waals surface area contributed by atoms with Crippen molar-refractivity contribution >= 4 is 41.4 Å². The number of aliphatic carboxylic acids is 2. The van der Waals surface area contributed by atoms with Crippen molar-refractivity contribution < 1.29 is 53.3 Å². The summed E-state index contributed by atoms with van der Waals surface area (Å²) in [6.07, 6.45) is 1.78. The molecule has 2 aromatic heterocycles. The molecule has 5 rings (SSSR count). The van der Waals surface area contributed by atoms with E-state index in [2.05, 4.69) is 9.97 Å². The number of imide groups is 1. The topological polar surface area (TPSA) is 246 Å². The van der Waals surface area contributed by atoms with Crippen LogP contribution in [0.15, 0.2) is 36.4 Å². The van der Waals surface area contributed by atoms with Gasteiger partial charge in [0.2, 0.25) is 5.91 Å². The molecule has 3 amide bonds. The van der Waals surface area contributed by atoms with Gasteiger partial charge in [-0.25, -0.2) is 4.79 Å². The number of nitrogens with one attached hydrogen (secondary N) is 2. The van der Waals surface area contributed by atoms with Crippen molar-refractivity contribution in [1.29, 1.82) is 0 Å². The molecule has 3 aromatic rings. The first-order valence-corrected chi connectivity index (χ1v) is 16.6. The number of Topliss-reactive ketones (excluding diaryl/α,β-unsaturated/α-hetero) is 1. The predicted molar refractivity (Wildman–Crippen MR) is 187 cm³/mol. The number of ether oxygens (including phenoxy) is 1. The van der Waals surface area contributed by atoms with E-state index in [1.807, 2.05) is 40.7 Å². The Hall–Kier alpha value is -5.61. The third-order valence-corrected chi connectivity index (χ3v) is 7.52. The van der Waals surface area contributed by atoms with E-state index in [0.717, 1.165) is 51.8 Å². The largest absolute Gasteiger partial charge is 0.480 e. The maximum atomic E-state index is 12.1. The Labute approximate surface area is 301 Å². The number of amides is 3. The Morgan fingerprint density at radius 3 is 1.71 bits per heavy atom. The van der Waals surface area contributed by atoms with Crippen LogP contribution >= 0.6 is 0 Å². The lowest BCUT2D eigenvalue weighted by molar-refractivity contribution is -0.167. The minimum absolute atomic E-state index is 0.0103. The predicted octanol–water partition coefficient (Wildman–Crippen LogP) is 2.82. The summed E-state index contributed by atoms with van der Waals surface area (Å²) in [6.45, 7) is 11.1. The second-order valence-corrected chi connectivity index (χ2v) is 11.7. The highest BCUT2D eigenvalue weighted by Crippen LogP contribution is 2.23. The molecule has 1 atom stereocenters. The van der Waals surface area contributed by atoms with Crippen molar-refractivity contribution in [2.75, 3.05) is 26.2 Å². The highest BCUT2D eigenvalue weighted by atomic mass is 16.7. The number of aromatic nitrogens is 2. The Morgan fingerprint density at radius 2 is 1.33 bits per heavy atom. The van der Waals surface area contributed by atoms with Crippen LogP contribution < -0.4 is 5.73 Å². The van der Waals surface area contributed by atoms with Gasteiger partial charge in [0, 0.05) is 29.2 Å². The molecule has 4 heterocycles. The van der Waals surface area contributed by atoms with Crippen LogP contribution in [0.4, 0.5) is 0 Å². The van der Waals surface area contributed by atoms with Gasteiger partial charge in [-0.3, -0.25) is 28.8 Å². The quantitative estimate of drug-likeness (QED) is 0.126. The lowest BCUT2D eigenvalue weighted by Gasteiger charge is -2.18. The normalized spacial score (nSPS) is 13.7. The number of carbonyl (C=O) groups is 7. The molecular weight excluding hydrogens is 678 g/mol. The van der Waals surface area contributed by atoms with Crippen molar-refractivity contribution in [3.8, 4) is 0 Å². The minimum atomic E-state index is -1.24. The number of hydroxylamine groups is 2. The monoisotopic (exact) mass is 725 g/mol. The molecule has 52 heavy (non-hydrogen) atoms. The molecule has 2 aliphatic rings. The zero-order valence-electron chi connectivity index (χ0n) is 30.2. The molecule has 1 saturated heterocycles. The van der Waals surface area contributed by atoms with Gasteiger partial charge in [0.15, 0.2) is 0 Å². The second-order valence-electron chi connectivity index (χ2n) is 11.7. The second kappa shape index (κ2) is 20.3. The zero-order valence-corrected chi connectivity index (χ0v) is 30.2. The van der Waals surface area contributed by atoms with Gasteiger partial charge in [-0.05, 0) is 69.5 Å². The Morgan fingerprint density at radius 1 is 0.865 bits per heavy atom. The highest BCUT2D eigenvalue weighted by Gasteiger charge is 2.38. The van der Waals surface area contributed by atoms with E-state index in [1.54, 1.807) is 25.1 Å². The molecule has 1 fully saturated rings. The van der Waals surface area contributed by atoms with Gasteiger partial charge in [-0.15, -0.1) is 0 Å². The fourth-order valence-corrected chi connectivity index (χ4v) is 4.96. The van der Waals surface area contributed by atoms with Crippen LogP contribution in [-0.2, 0) is 46.4 Å². The van der Waals surface area contributed by atoms with Gasteiger partial charge in [-0.1, -0.05) is 31.0 Å². The van der Waals surface area contributed by atoms with Crippen LogP contribution in [0.2, 0.25) is 0 Å². The van der Waals surface area contributed by atoms with E-state index in [4.69, 9.17) is 25.5 Å². The third-order valence-electron chi connectivity index (χ3n) is 7.52. The van der Waals surface area contributed by atoms with Gasteiger partial charge < -0.3 is 40.4 Å². The number of benzene rings is 1. The molecule has 0 bridgehead atoms. The molecule has 1 aromatic carbocycles.